The molecule has 11 heteroatoms. The van der Waals surface area contributed by atoms with Crippen molar-refractivity contribution < 1.29 is 78.9 Å². The van der Waals surface area contributed by atoms with E-state index in [4.69, 9.17) is 38.4 Å². The monoisotopic (exact) mass is 698 g/mol. The third kappa shape index (κ3) is 7.44. The molecule has 2 aromatic rings. The Morgan fingerprint density at radius 1 is 0.605 bits per heavy atom. The standard InChI is InChI=1S/C27H34N2O6.2BrH.Ni/c1-5-30-26(31-6-2)24(20-15-11-9-12-16-20)28-22(34-26)19-23-29-25(21-17-13-10-14-18-21)27(35-23,32-7-3)33-8-4;;;/h9-18,24-25H,5-8,19H2,1-4H3;2*1H;/q;;;+2/p-2/t24-,25-;;;/m1.../s1. The number of hydrogen-bond donors (Lipinski definition) is 0. The van der Waals surface area contributed by atoms with E-state index in [1.807, 2.05) is 88.4 Å². The molecule has 2 aliphatic rings. The molecular formula is C27H34Br2N2NiO6. The second-order valence-corrected chi connectivity index (χ2v) is 7.99. The van der Waals surface area contributed by atoms with Crippen LogP contribution < -0.4 is 34.0 Å². The van der Waals surface area contributed by atoms with Crippen LogP contribution in [-0.2, 0) is 44.9 Å². The second kappa shape index (κ2) is 16.1. The van der Waals surface area contributed by atoms with E-state index in [1.54, 1.807) is 0 Å². The quantitative estimate of drug-likeness (QED) is 0.213. The van der Waals surface area contributed by atoms with Crippen molar-refractivity contribution >= 4 is 11.8 Å². The number of ether oxygens (including phenoxy) is 6. The van der Waals surface area contributed by atoms with E-state index in [2.05, 4.69) is 0 Å². The number of halogens is 2. The number of rotatable bonds is 12. The maximum Gasteiger partial charge on any atom is 2.00 e. The Morgan fingerprint density at radius 3 is 1.21 bits per heavy atom. The number of aliphatic imine (C=N–C) groups is 2. The third-order valence-electron chi connectivity index (χ3n) is 5.65. The zero-order valence-electron chi connectivity index (χ0n) is 21.9. The van der Waals surface area contributed by atoms with E-state index >= 15 is 0 Å². The largest absolute Gasteiger partial charge is 2.00 e. The molecule has 0 aliphatic carbocycles. The van der Waals surface area contributed by atoms with Crippen molar-refractivity contribution in [3.05, 3.63) is 71.8 Å². The molecule has 0 amide bonds. The summed E-state index contributed by atoms with van der Waals surface area (Å²) in [6.07, 6.45) is 0.205. The molecule has 212 valence electrons. The first kappa shape index (κ1) is 34.7. The van der Waals surface area contributed by atoms with Crippen molar-refractivity contribution in [1.82, 2.24) is 0 Å². The van der Waals surface area contributed by atoms with Gasteiger partial charge in [0.05, 0.1) is 32.8 Å². The fraction of sp³-hybridized carbons (Fsp3) is 0.481. The number of hydrogen-bond acceptors (Lipinski definition) is 8. The van der Waals surface area contributed by atoms with Crippen molar-refractivity contribution in [1.29, 1.82) is 0 Å². The van der Waals surface area contributed by atoms with Crippen molar-refractivity contribution in [2.45, 2.75) is 58.1 Å². The van der Waals surface area contributed by atoms with Crippen LogP contribution >= 0.6 is 0 Å². The molecule has 0 bridgehead atoms. The average Bonchev–Trinajstić information content (AvgIpc) is 3.39. The molecule has 38 heavy (non-hydrogen) atoms. The Balaban J connectivity index is 0.00000241. The molecule has 2 atom stereocenters. The summed E-state index contributed by atoms with van der Waals surface area (Å²) in [6, 6.07) is 18.7. The van der Waals surface area contributed by atoms with Gasteiger partial charge in [-0.1, -0.05) is 60.7 Å². The Kier molecular flexibility index (Phi) is 14.7. The fourth-order valence-corrected chi connectivity index (χ4v) is 4.38. The predicted octanol–water partition coefficient (Wildman–Crippen LogP) is -0.824. The van der Waals surface area contributed by atoms with Crippen LogP contribution in [-0.4, -0.2) is 50.2 Å². The van der Waals surface area contributed by atoms with Crippen molar-refractivity contribution in [3.8, 4) is 0 Å². The Hall–Kier alpha value is -1.33. The first-order valence-corrected chi connectivity index (χ1v) is 12.3. The fourth-order valence-electron chi connectivity index (χ4n) is 4.38. The maximum atomic E-state index is 6.25. The summed E-state index contributed by atoms with van der Waals surface area (Å²) in [7, 11) is 0. The van der Waals surface area contributed by atoms with Crippen LogP contribution in [0.4, 0.5) is 0 Å². The molecule has 2 heterocycles. The summed E-state index contributed by atoms with van der Waals surface area (Å²) in [5, 5.41) is 0. The molecule has 0 N–H and O–H groups in total. The minimum absolute atomic E-state index is 0. The van der Waals surface area contributed by atoms with Gasteiger partial charge in [0, 0.05) is 0 Å². The van der Waals surface area contributed by atoms with E-state index in [0.717, 1.165) is 11.1 Å². The molecule has 8 nitrogen and oxygen atoms in total. The molecule has 0 fully saturated rings. The summed E-state index contributed by atoms with van der Waals surface area (Å²) >= 11 is 0. The number of nitrogens with zero attached hydrogens (tertiary/aromatic N) is 2. The van der Waals surface area contributed by atoms with Crippen LogP contribution in [0, 0.1) is 0 Å². The molecule has 0 spiro atoms. The van der Waals surface area contributed by atoms with Gasteiger partial charge in [0.1, 0.15) is 0 Å². The Morgan fingerprint density at radius 2 is 0.921 bits per heavy atom. The van der Waals surface area contributed by atoms with Gasteiger partial charge in [-0.25, -0.2) is 9.98 Å². The van der Waals surface area contributed by atoms with Gasteiger partial charge in [-0.15, -0.1) is 0 Å². The average molecular weight is 701 g/mol. The van der Waals surface area contributed by atoms with Crippen LogP contribution in [0.3, 0.4) is 0 Å². The van der Waals surface area contributed by atoms with Gasteiger partial charge in [0.15, 0.2) is 23.9 Å². The minimum Gasteiger partial charge on any atom is -1.00 e. The van der Waals surface area contributed by atoms with Crippen LogP contribution in [0.2, 0.25) is 0 Å². The predicted molar refractivity (Wildman–Crippen MR) is 132 cm³/mol. The maximum absolute atomic E-state index is 6.25. The summed E-state index contributed by atoms with van der Waals surface area (Å²) in [5.74, 6) is -1.88. The van der Waals surface area contributed by atoms with E-state index in [0.29, 0.717) is 38.2 Å². The molecule has 4 rings (SSSR count). The SMILES string of the molecule is CCOC1(OCC)OC(CC2=N[C@H](c3ccccc3)C(OCC)(OCC)O2)=N[C@@H]1c1ccccc1.[Br-].[Br-].[Ni+2]. The van der Waals surface area contributed by atoms with Gasteiger partial charge in [-0.2, -0.15) is 0 Å². The molecule has 2 aromatic carbocycles. The minimum atomic E-state index is -1.35. The summed E-state index contributed by atoms with van der Waals surface area (Å²) in [5.41, 5.74) is 1.86. The summed E-state index contributed by atoms with van der Waals surface area (Å²) in [6.45, 7) is 9.20. The van der Waals surface area contributed by atoms with Gasteiger partial charge in [-0.3, -0.25) is 0 Å². The van der Waals surface area contributed by atoms with Crippen molar-refractivity contribution in [2.75, 3.05) is 26.4 Å². The van der Waals surface area contributed by atoms with E-state index < -0.39 is 24.0 Å². The van der Waals surface area contributed by atoms with E-state index in [-0.39, 0.29) is 56.9 Å². The van der Waals surface area contributed by atoms with E-state index in [9.17, 15) is 0 Å². The molecule has 0 aromatic heterocycles. The third-order valence-corrected chi connectivity index (χ3v) is 5.65. The van der Waals surface area contributed by atoms with Gasteiger partial charge in [0.25, 0.3) is 0 Å². The molecule has 0 unspecified atom stereocenters. The van der Waals surface area contributed by atoms with Gasteiger partial charge >= 0.3 is 28.4 Å². The summed E-state index contributed by atoms with van der Waals surface area (Å²) < 4.78 is 36.6. The van der Waals surface area contributed by atoms with Crippen molar-refractivity contribution in [3.63, 3.8) is 0 Å². The zero-order chi connectivity index (χ0) is 24.7. The Bertz CT molecular complexity index is 935. The normalized spacial score (nSPS) is 20.5. The second-order valence-electron chi connectivity index (χ2n) is 7.99. The Labute approximate surface area is 255 Å². The summed E-state index contributed by atoms with van der Waals surface area (Å²) in [4.78, 5) is 9.70. The molecule has 0 radical (unpaired) electrons. The zero-order valence-corrected chi connectivity index (χ0v) is 26.0. The molecule has 0 saturated carbocycles. The van der Waals surface area contributed by atoms with Gasteiger partial charge < -0.3 is 62.4 Å². The topological polar surface area (TPSA) is 80.1 Å². The molecule has 2 aliphatic heterocycles. The van der Waals surface area contributed by atoms with Crippen molar-refractivity contribution in [2.24, 2.45) is 9.98 Å². The van der Waals surface area contributed by atoms with Crippen LogP contribution in [0.5, 0.6) is 0 Å². The first-order chi connectivity index (χ1) is 17.1. The molecule has 0 saturated heterocycles. The first-order valence-electron chi connectivity index (χ1n) is 12.3. The van der Waals surface area contributed by atoms with Gasteiger partial charge in [-0.05, 0) is 38.8 Å². The van der Waals surface area contributed by atoms with Crippen LogP contribution in [0.15, 0.2) is 70.6 Å². The molecular weight excluding hydrogens is 667 g/mol. The smallest absolute Gasteiger partial charge is 1.00 e. The van der Waals surface area contributed by atoms with E-state index in [1.165, 1.54) is 0 Å². The van der Waals surface area contributed by atoms with Crippen LogP contribution in [0.25, 0.3) is 0 Å². The number of benzene rings is 2. The van der Waals surface area contributed by atoms with Gasteiger partial charge in [0.2, 0.25) is 0 Å². The van der Waals surface area contributed by atoms with Crippen LogP contribution in [0.1, 0.15) is 57.3 Å².